The molecule has 3 fully saturated rings. The predicted octanol–water partition coefficient (Wildman–Crippen LogP) is -11.3. The van der Waals surface area contributed by atoms with E-state index >= 15 is 0 Å². The van der Waals surface area contributed by atoms with Crippen molar-refractivity contribution in [3.63, 3.8) is 0 Å². The number of carbonyl (C=O) groups is 18. The Morgan fingerprint density at radius 3 is 1.68 bits per heavy atom. The number of amides is 15. The van der Waals surface area contributed by atoms with Crippen molar-refractivity contribution in [1.82, 2.24) is 73.6 Å². The molecule has 0 radical (unpaired) electrons. The minimum absolute atomic E-state index is 0.0376. The SMILES string of the molecule is CC[C@H](C)[C@H](NC(=O)CNC(=O)[C@@H]1C[C@H](O)CN1C(=O)[C@H](CCC(=O)O)NC(=O)CN)C(=O)N[C@@H](C)C(=O)NCC(=O)N[C@@H](Cc1ccccc1)C(=O)N[C@@H](CC[C@H](CN)O[C@@H]1O[C@H](CO)[C@H](O)[C@H](O)[C@H]1O)C(=O)NCC(=O)N[C@@H](CCC(=O)O)C(=O)N[C@@H](CCC(N)=O)C(=O)NCC(=O)N1CCC[C@H]1C(=O)N[C@@H](CCCCN)C(=O)O. The lowest BCUT2D eigenvalue weighted by Gasteiger charge is -2.40. The van der Waals surface area contributed by atoms with E-state index in [9.17, 15) is 127 Å². The topological polar surface area (TPSA) is 742 Å². The van der Waals surface area contributed by atoms with Crippen molar-refractivity contribution in [1.29, 1.82) is 0 Å². The Hall–Kier alpha value is -10.7. The number of aliphatic hydroxyl groups excluding tert-OH is 5. The summed E-state index contributed by atoms with van der Waals surface area (Å²) in [7, 11) is 0. The highest BCUT2D eigenvalue weighted by atomic mass is 16.7. The van der Waals surface area contributed by atoms with Crippen molar-refractivity contribution in [3.8, 4) is 0 Å². The quantitative estimate of drug-likeness (QED) is 0.0269. The molecule has 18 atom stereocenters. The molecule has 46 nitrogen and oxygen atoms in total. The lowest BCUT2D eigenvalue weighted by Crippen LogP contribution is -2.60. The smallest absolute Gasteiger partial charge is 0.326 e. The van der Waals surface area contributed by atoms with Crippen molar-refractivity contribution in [3.05, 3.63) is 35.9 Å². The number of rotatable bonds is 51. The second kappa shape index (κ2) is 50.0. The monoisotopic (exact) mass is 1660 g/mol. The number of likely N-dealkylation sites (tertiary alicyclic amines) is 2. The van der Waals surface area contributed by atoms with Crippen LogP contribution in [0.3, 0.4) is 0 Å². The van der Waals surface area contributed by atoms with Gasteiger partial charge in [0.1, 0.15) is 84.8 Å². The van der Waals surface area contributed by atoms with Gasteiger partial charge in [0.15, 0.2) is 6.29 Å². The molecule has 1 aromatic rings. The number of nitrogens with two attached hydrogens (primary N) is 4. The molecule has 3 aliphatic rings. The Morgan fingerprint density at radius 1 is 0.547 bits per heavy atom. The molecular weight excluding hydrogens is 1550 g/mol. The summed E-state index contributed by atoms with van der Waals surface area (Å²) in [5.41, 5.74) is 22.7. The van der Waals surface area contributed by atoms with Gasteiger partial charge >= 0.3 is 17.9 Å². The van der Waals surface area contributed by atoms with Gasteiger partial charge in [0.2, 0.25) is 88.6 Å². The summed E-state index contributed by atoms with van der Waals surface area (Å²) in [6.07, 6.45) is -14.5. The summed E-state index contributed by atoms with van der Waals surface area (Å²) in [5.74, 6) is -19.4. The molecule has 15 amide bonds. The first kappa shape index (κ1) is 98.6. The number of aliphatic hydroxyl groups is 5. The van der Waals surface area contributed by atoms with Crippen LogP contribution in [0.2, 0.25) is 0 Å². The van der Waals surface area contributed by atoms with Gasteiger partial charge in [-0.25, -0.2) is 4.79 Å². The molecule has 117 heavy (non-hydrogen) atoms. The highest BCUT2D eigenvalue weighted by molar-refractivity contribution is 5.99. The van der Waals surface area contributed by atoms with E-state index in [0.29, 0.717) is 24.8 Å². The van der Waals surface area contributed by atoms with Crippen molar-refractivity contribution >= 4 is 107 Å². The summed E-state index contributed by atoms with van der Waals surface area (Å²) in [4.78, 5) is 240. The molecule has 28 N–H and O–H groups in total. The van der Waals surface area contributed by atoms with Gasteiger partial charge in [-0.15, -0.1) is 0 Å². The largest absolute Gasteiger partial charge is 0.481 e. The first-order valence-electron chi connectivity index (χ1n) is 38.2. The van der Waals surface area contributed by atoms with E-state index in [1.807, 2.05) is 0 Å². The van der Waals surface area contributed by atoms with Gasteiger partial charge in [0.25, 0.3) is 0 Å². The van der Waals surface area contributed by atoms with Crippen LogP contribution in [0.15, 0.2) is 30.3 Å². The number of nitrogens with one attached hydrogen (secondary N) is 12. The van der Waals surface area contributed by atoms with E-state index in [0.717, 1.165) is 9.80 Å². The fraction of sp³-hybridized carbons (Fsp3) is 0.662. The van der Waals surface area contributed by atoms with Crippen LogP contribution in [0.1, 0.15) is 123 Å². The Labute approximate surface area is 671 Å². The zero-order valence-electron chi connectivity index (χ0n) is 65.1. The summed E-state index contributed by atoms with van der Waals surface area (Å²) in [5, 5.41) is 109. The maximum absolute atomic E-state index is 14.6. The number of primary amides is 1. The number of unbranched alkanes of at least 4 members (excludes halogenated alkanes) is 1. The van der Waals surface area contributed by atoms with Gasteiger partial charge in [-0.1, -0.05) is 50.6 Å². The maximum atomic E-state index is 14.6. The molecule has 0 aliphatic carbocycles. The van der Waals surface area contributed by atoms with Gasteiger partial charge in [0.05, 0.1) is 51.5 Å². The van der Waals surface area contributed by atoms with E-state index in [4.69, 9.17) is 32.4 Å². The van der Waals surface area contributed by atoms with E-state index in [1.54, 1.807) is 44.2 Å². The minimum atomic E-state index is -1.92. The minimum Gasteiger partial charge on any atom is -0.481 e. The van der Waals surface area contributed by atoms with E-state index in [-0.39, 0.29) is 64.6 Å². The highest BCUT2D eigenvalue weighted by Crippen LogP contribution is 2.26. The van der Waals surface area contributed by atoms with E-state index in [2.05, 4.69) is 63.8 Å². The number of ether oxygens (including phenoxy) is 2. The first-order valence-corrected chi connectivity index (χ1v) is 38.2. The van der Waals surface area contributed by atoms with Crippen LogP contribution in [-0.2, 0) is 102 Å². The molecule has 0 aromatic heterocycles. The average molecular weight is 1670 g/mol. The third-order valence-corrected chi connectivity index (χ3v) is 19.4. The third-order valence-electron chi connectivity index (χ3n) is 19.4. The Kier molecular flexibility index (Phi) is 42.2. The summed E-state index contributed by atoms with van der Waals surface area (Å²) < 4.78 is 11.3. The Bertz CT molecular complexity index is 3600. The van der Waals surface area contributed by atoms with Crippen LogP contribution in [0, 0.1) is 5.92 Å². The Morgan fingerprint density at radius 2 is 1.10 bits per heavy atom. The molecule has 0 spiro atoms. The number of carboxylic acid groups (broad SMARTS) is 3. The summed E-state index contributed by atoms with van der Waals surface area (Å²) in [6.45, 7) is -0.860. The highest BCUT2D eigenvalue weighted by Gasteiger charge is 2.46. The average Bonchev–Trinajstić information content (AvgIpc) is 1.77. The first-order chi connectivity index (χ1) is 55.4. The molecule has 3 saturated heterocycles. The second-order valence-corrected chi connectivity index (χ2v) is 28.4. The van der Waals surface area contributed by atoms with Crippen LogP contribution in [0.5, 0.6) is 0 Å². The summed E-state index contributed by atoms with van der Waals surface area (Å²) >= 11 is 0. The maximum Gasteiger partial charge on any atom is 0.326 e. The third kappa shape index (κ3) is 33.1. The fourth-order valence-corrected chi connectivity index (χ4v) is 12.6. The van der Waals surface area contributed by atoms with Crippen LogP contribution in [0.25, 0.3) is 0 Å². The van der Waals surface area contributed by atoms with Crippen molar-refractivity contribution < 1.29 is 137 Å². The van der Waals surface area contributed by atoms with Gasteiger partial charge < -0.3 is 147 Å². The number of aliphatic carboxylic acids is 3. The number of carbonyl (C=O) groups excluding carboxylic acids is 15. The number of carboxylic acids is 3. The molecule has 3 heterocycles. The van der Waals surface area contributed by atoms with Gasteiger partial charge in [-0.2, -0.15) is 0 Å². The molecule has 0 bridgehead atoms. The molecular formula is C71H112N18O28. The lowest BCUT2D eigenvalue weighted by molar-refractivity contribution is -0.310. The van der Waals surface area contributed by atoms with Crippen molar-refractivity contribution in [2.75, 3.05) is 65.5 Å². The number of hydrogen-bond acceptors (Lipinski definition) is 28. The molecule has 0 unspecified atom stereocenters. The van der Waals surface area contributed by atoms with Gasteiger partial charge in [-0.3, -0.25) is 81.5 Å². The molecule has 4 rings (SSSR count). The van der Waals surface area contributed by atoms with Crippen LogP contribution >= 0.6 is 0 Å². The Balaban J connectivity index is 1.51. The molecule has 3 aliphatic heterocycles. The van der Waals surface area contributed by atoms with Crippen LogP contribution in [0.4, 0.5) is 0 Å². The van der Waals surface area contributed by atoms with E-state index in [1.165, 1.54) is 6.92 Å². The van der Waals surface area contributed by atoms with Crippen LogP contribution < -0.4 is 86.7 Å². The molecule has 654 valence electrons. The van der Waals surface area contributed by atoms with Gasteiger partial charge in [-0.05, 0) is 89.2 Å². The number of nitrogens with zero attached hydrogens (tertiary/aromatic N) is 2. The van der Waals surface area contributed by atoms with E-state index < -0.39 is 300 Å². The predicted molar refractivity (Wildman–Crippen MR) is 402 cm³/mol. The summed E-state index contributed by atoms with van der Waals surface area (Å²) in [6, 6.07) is -6.96. The fourth-order valence-electron chi connectivity index (χ4n) is 12.6. The van der Waals surface area contributed by atoms with Crippen LogP contribution in [-0.4, -0.2) is 326 Å². The zero-order valence-corrected chi connectivity index (χ0v) is 65.1. The second-order valence-electron chi connectivity index (χ2n) is 28.4. The number of benzene rings is 1. The molecule has 46 heteroatoms. The number of hydrogen-bond donors (Lipinski definition) is 24. The lowest BCUT2D eigenvalue weighted by atomic mass is 9.98. The molecule has 0 saturated carbocycles. The zero-order chi connectivity index (χ0) is 87.3. The van der Waals surface area contributed by atoms with Gasteiger partial charge in [0, 0.05) is 51.7 Å². The van der Waals surface area contributed by atoms with Crippen molar-refractivity contribution in [2.24, 2.45) is 28.9 Å². The normalized spacial score (nSPS) is 20.8. The molecule has 1 aromatic carbocycles. The van der Waals surface area contributed by atoms with Crippen molar-refractivity contribution in [2.45, 2.75) is 227 Å². The standard InChI is InChI=1S/C71H112N18O28/c1-4-35(2)57(87-53(96)31-78-66(110)47-26-38(91)33-89(47)69(113)43(19-22-56(100)101)82-50(93)28-74)68(112)80-36(3)61(105)76-29-52(95)83-45(25-37-11-6-5-7-12-37)65(109)85-40(16-15-39(27-73)116-71-60(104)59(103)58(102)48(34-90)117-71)62(106)77-30-51(94)81-42(18-21-55(98)99)64(108)84-41(17-20-49(75)92)63(107)79-32-54(97)88-24-10-14-46(88)67(111)86-44(70(114)115)13-8-9-23-72/h5-7,11-12,35-36,38-48,57-60,71,90-91,102-104H,4,8-10,13-34,72-74H2,1-3H3,(H2,75,92)(H,76,105)(H,77,106)(H,78,110)(H,79,107)(H,80,112)(H,81,94)(H,82,93)(H,83,95)(H,84,108)(H,85,109)(H,86,111)(H,87,96)(H,98,99)(H,100,101)(H,114,115)/t35-,36-,38-,39+,40-,41-,42-,43-,44-,45-,46-,47-,48+,57-,58-,59-,60+,71+/m0/s1. The number of β-amino-alcohol motifs (C(OH)–C–C–N with tert-alkyl or cyclic N) is 1.